The van der Waals surface area contributed by atoms with Gasteiger partial charge in [-0.05, 0) is 30.7 Å². The van der Waals surface area contributed by atoms with Crippen LogP contribution in [0.25, 0.3) is 0 Å². The number of non-ortho nitro benzene ring substituents is 1. The first-order valence-electron chi connectivity index (χ1n) is 6.03. The molecule has 0 spiro atoms. The Morgan fingerprint density at radius 3 is 2.45 bits per heavy atom. The zero-order valence-corrected chi connectivity index (χ0v) is 11.6. The molecule has 0 saturated carbocycles. The topological polar surface area (TPSA) is 81.2 Å². The Morgan fingerprint density at radius 1 is 1.25 bits per heavy atom. The molecule has 0 fully saturated rings. The lowest BCUT2D eigenvalue weighted by atomic mass is 10.1. The van der Waals surface area contributed by atoms with Crippen LogP contribution in [0.4, 0.5) is 17.1 Å². The van der Waals surface area contributed by atoms with E-state index in [1.165, 1.54) is 12.1 Å². The van der Waals surface area contributed by atoms with Crippen LogP contribution in [0.2, 0.25) is 5.02 Å². The van der Waals surface area contributed by atoms with Crippen molar-refractivity contribution in [2.45, 2.75) is 13.0 Å². The van der Waals surface area contributed by atoms with Crippen LogP contribution in [0.15, 0.2) is 42.5 Å². The van der Waals surface area contributed by atoms with E-state index in [1.807, 2.05) is 31.2 Å². The monoisotopic (exact) mass is 291 g/mol. The molecule has 1 atom stereocenters. The minimum atomic E-state index is -0.473. The number of hydrogen-bond donors (Lipinski definition) is 2. The molecule has 2 aromatic rings. The molecule has 5 nitrogen and oxygen atoms in total. The molecule has 0 bridgehead atoms. The molecule has 0 amide bonds. The van der Waals surface area contributed by atoms with Crippen LogP contribution in [-0.4, -0.2) is 4.92 Å². The maximum Gasteiger partial charge on any atom is 0.271 e. The van der Waals surface area contributed by atoms with Gasteiger partial charge < -0.3 is 11.1 Å². The number of hydrogen-bond acceptors (Lipinski definition) is 4. The van der Waals surface area contributed by atoms with E-state index in [0.717, 1.165) is 5.56 Å². The van der Waals surface area contributed by atoms with Gasteiger partial charge >= 0.3 is 0 Å². The van der Waals surface area contributed by atoms with Crippen molar-refractivity contribution in [3.63, 3.8) is 0 Å². The highest BCUT2D eigenvalue weighted by Crippen LogP contribution is 2.29. The first kappa shape index (κ1) is 14.1. The van der Waals surface area contributed by atoms with Gasteiger partial charge in [0.05, 0.1) is 15.6 Å². The van der Waals surface area contributed by atoms with Crippen molar-refractivity contribution in [1.29, 1.82) is 0 Å². The molecule has 6 heteroatoms. The Labute approximate surface area is 121 Å². The van der Waals surface area contributed by atoms with E-state index in [-0.39, 0.29) is 11.7 Å². The van der Waals surface area contributed by atoms with Crippen molar-refractivity contribution in [3.05, 3.63) is 63.2 Å². The SMILES string of the molecule is CC(Nc1ccc([N+](=O)[O-])cc1Cl)c1ccc(N)cc1. The number of nitrogens with one attached hydrogen (secondary N) is 1. The fraction of sp³-hybridized carbons (Fsp3) is 0.143. The lowest BCUT2D eigenvalue weighted by Crippen LogP contribution is -2.07. The summed E-state index contributed by atoms with van der Waals surface area (Å²) < 4.78 is 0. The van der Waals surface area contributed by atoms with Gasteiger partial charge in [0.15, 0.2) is 0 Å². The molecule has 0 heterocycles. The van der Waals surface area contributed by atoms with E-state index < -0.39 is 4.92 Å². The molecule has 0 radical (unpaired) electrons. The van der Waals surface area contributed by atoms with Gasteiger partial charge in [0, 0.05) is 23.9 Å². The third-order valence-electron chi connectivity index (χ3n) is 2.97. The number of rotatable bonds is 4. The molecule has 104 valence electrons. The first-order chi connectivity index (χ1) is 9.47. The fourth-order valence-corrected chi connectivity index (χ4v) is 2.07. The summed E-state index contributed by atoms with van der Waals surface area (Å²) >= 11 is 6.04. The van der Waals surface area contributed by atoms with Gasteiger partial charge in [-0.1, -0.05) is 23.7 Å². The van der Waals surface area contributed by atoms with Crippen molar-refractivity contribution in [2.75, 3.05) is 11.1 Å². The second-order valence-corrected chi connectivity index (χ2v) is 4.86. The summed E-state index contributed by atoms with van der Waals surface area (Å²) in [6.45, 7) is 1.98. The predicted octanol–water partition coefficient (Wildman–Crippen LogP) is 4.00. The summed E-state index contributed by atoms with van der Waals surface area (Å²) in [5.74, 6) is 0. The van der Waals surface area contributed by atoms with Gasteiger partial charge in [-0.15, -0.1) is 0 Å². The van der Waals surface area contributed by atoms with Crippen LogP contribution in [0.1, 0.15) is 18.5 Å². The molecule has 3 N–H and O–H groups in total. The number of benzene rings is 2. The van der Waals surface area contributed by atoms with Gasteiger partial charge in [-0.2, -0.15) is 0 Å². The lowest BCUT2D eigenvalue weighted by Gasteiger charge is -2.16. The molecule has 2 aromatic carbocycles. The number of nitro benzene ring substituents is 1. The molecule has 0 saturated heterocycles. The standard InChI is InChI=1S/C14H14ClN3O2/c1-9(10-2-4-11(16)5-3-10)17-14-7-6-12(18(19)20)8-13(14)15/h2-9,17H,16H2,1H3. The number of halogens is 1. The zero-order chi connectivity index (χ0) is 14.7. The molecule has 1 unspecified atom stereocenters. The lowest BCUT2D eigenvalue weighted by molar-refractivity contribution is -0.384. The maximum atomic E-state index is 10.7. The summed E-state index contributed by atoms with van der Waals surface area (Å²) in [5, 5.41) is 14.2. The van der Waals surface area contributed by atoms with Crippen LogP contribution in [-0.2, 0) is 0 Å². The Hall–Kier alpha value is -2.27. The van der Waals surface area contributed by atoms with E-state index in [4.69, 9.17) is 17.3 Å². The van der Waals surface area contributed by atoms with Crippen LogP contribution in [0.5, 0.6) is 0 Å². The second kappa shape index (κ2) is 5.79. The molecular weight excluding hydrogens is 278 g/mol. The number of nitrogens with zero attached hydrogens (tertiary/aromatic N) is 1. The summed E-state index contributed by atoms with van der Waals surface area (Å²) in [4.78, 5) is 10.2. The smallest absolute Gasteiger partial charge is 0.271 e. The zero-order valence-electron chi connectivity index (χ0n) is 10.8. The molecule has 0 aliphatic carbocycles. The minimum Gasteiger partial charge on any atom is -0.399 e. The number of anilines is 2. The van der Waals surface area contributed by atoms with Gasteiger partial charge in [0.1, 0.15) is 0 Å². The third kappa shape index (κ3) is 3.19. The Morgan fingerprint density at radius 2 is 1.90 bits per heavy atom. The van der Waals surface area contributed by atoms with E-state index in [9.17, 15) is 10.1 Å². The van der Waals surface area contributed by atoms with Crippen molar-refractivity contribution in [1.82, 2.24) is 0 Å². The Kier molecular flexibility index (Phi) is 4.10. The Balaban J connectivity index is 2.17. The fourth-order valence-electron chi connectivity index (χ4n) is 1.84. The van der Waals surface area contributed by atoms with Crippen LogP contribution in [0.3, 0.4) is 0 Å². The minimum absolute atomic E-state index is 0.00885. The van der Waals surface area contributed by atoms with Gasteiger partial charge in [-0.3, -0.25) is 10.1 Å². The predicted molar refractivity (Wildman–Crippen MR) is 81.0 cm³/mol. The number of nitrogen functional groups attached to an aromatic ring is 1. The van der Waals surface area contributed by atoms with Gasteiger partial charge in [0.25, 0.3) is 5.69 Å². The highest BCUT2D eigenvalue weighted by atomic mass is 35.5. The normalized spacial score (nSPS) is 11.9. The van der Waals surface area contributed by atoms with Gasteiger partial charge in [-0.25, -0.2) is 0 Å². The highest BCUT2D eigenvalue weighted by molar-refractivity contribution is 6.33. The van der Waals surface area contributed by atoms with Crippen LogP contribution >= 0.6 is 11.6 Å². The number of nitrogens with two attached hydrogens (primary N) is 1. The van der Waals surface area contributed by atoms with E-state index >= 15 is 0 Å². The van der Waals surface area contributed by atoms with Crippen LogP contribution < -0.4 is 11.1 Å². The van der Waals surface area contributed by atoms with Crippen molar-refractivity contribution in [2.24, 2.45) is 0 Å². The van der Waals surface area contributed by atoms with Gasteiger partial charge in [0.2, 0.25) is 0 Å². The Bertz CT molecular complexity index is 629. The summed E-state index contributed by atoms with van der Waals surface area (Å²) in [5.41, 5.74) is 8.02. The summed E-state index contributed by atoms with van der Waals surface area (Å²) in [6, 6.07) is 11.9. The molecule has 0 aromatic heterocycles. The number of nitro groups is 1. The summed E-state index contributed by atoms with van der Waals surface area (Å²) in [6.07, 6.45) is 0. The molecule has 2 rings (SSSR count). The van der Waals surface area contributed by atoms with E-state index in [2.05, 4.69) is 5.32 Å². The third-order valence-corrected chi connectivity index (χ3v) is 3.28. The largest absolute Gasteiger partial charge is 0.399 e. The average Bonchev–Trinajstić information content (AvgIpc) is 2.41. The summed E-state index contributed by atoms with van der Waals surface area (Å²) in [7, 11) is 0. The first-order valence-corrected chi connectivity index (χ1v) is 6.41. The molecule has 0 aliphatic rings. The molecule has 0 aliphatic heterocycles. The van der Waals surface area contributed by atoms with E-state index in [0.29, 0.717) is 16.4 Å². The van der Waals surface area contributed by atoms with Crippen LogP contribution in [0, 0.1) is 10.1 Å². The maximum absolute atomic E-state index is 10.7. The van der Waals surface area contributed by atoms with Crippen molar-refractivity contribution >= 4 is 28.7 Å². The average molecular weight is 292 g/mol. The quantitative estimate of drug-likeness (QED) is 0.507. The molecular formula is C14H14ClN3O2. The molecule has 20 heavy (non-hydrogen) atoms. The highest BCUT2D eigenvalue weighted by Gasteiger charge is 2.12. The van der Waals surface area contributed by atoms with E-state index in [1.54, 1.807) is 6.07 Å². The second-order valence-electron chi connectivity index (χ2n) is 4.45. The van der Waals surface area contributed by atoms with Crippen molar-refractivity contribution in [3.8, 4) is 0 Å². The van der Waals surface area contributed by atoms with Crippen molar-refractivity contribution < 1.29 is 4.92 Å².